The molecule has 1 aliphatic rings. The van der Waals surface area contributed by atoms with Gasteiger partial charge in [-0.1, -0.05) is 29.0 Å². The zero-order chi connectivity index (χ0) is 22.7. The third-order valence-corrected chi connectivity index (χ3v) is 7.27. The standard InChI is InChI=1S/C23H27ClN4O3S/c1-15-4-7-18(24)21-20(15)26-23(32-21)28-12-10-27(11-13-28)9-8-25-22(29)17-6-5-16(30-2)14-19(17)31-3/h4-7,14H,8-13H2,1-3H3,(H,25,29). The van der Waals surface area contributed by atoms with Crippen LogP contribution >= 0.6 is 22.9 Å². The molecule has 1 aliphatic heterocycles. The Bertz CT molecular complexity index is 1070. The summed E-state index contributed by atoms with van der Waals surface area (Å²) in [5, 5.41) is 4.78. The van der Waals surface area contributed by atoms with Crippen LogP contribution in [0.3, 0.4) is 0 Å². The average Bonchev–Trinajstić information content (AvgIpc) is 3.28. The molecule has 0 unspecified atom stereocenters. The van der Waals surface area contributed by atoms with Gasteiger partial charge >= 0.3 is 0 Å². The molecular formula is C23H27ClN4O3S. The van der Waals surface area contributed by atoms with E-state index in [1.165, 1.54) is 0 Å². The summed E-state index contributed by atoms with van der Waals surface area (Å²) in [6, 6.07) is 9.15. The Morgan fingerprint density at radius 2 is 1.94 bits per heavy atom. The number of carbonyl (C=O) groups is 1. The lowest BCUT2D eigenvalue weighted by atomic mass is 10.1. The van der Waals surface area contributed by atoms with Crippen LogP contribution in [-0.4, -0.2) is 69.3 Å². The maximum absolute atomic E-state index is 12.6. The smallest absolute Gasteiger partial charge is 0.255 e. The van der Waals surface area contributed by atoms with E-state index >= 15 is 0 Å². The van der Waals surface area contributed by atoms with Gasteiger partial charge in [-0.3, -0.25) is 9.69 Å². The van der Waals surface area contributed by atoms with Crippen molar-refractivity contribution in [1.29, 1.82) is 0 Å². The van der Waals surface area contributed by atoms with Crippen LogP contribution in [-0.2, 0) is 0 Å². The van der Waals surface area contributed by atoms with E-state index in [1.807, 2.05) is 12.1 Å². The summed E-state index contributed by atoms with van der Waals surface area (Å²) in [7, 11) is 3.13. The number of hydrogen-bond donors (Lipinski definition) is 1. The molecule has 0 bridgehead atoms. The van der Waals surface area contributed by atoms with Crippen molar-refractivity contribution >= 4 is 44.2 Å². The number of rotatable bonds is 7. The van der Waals surface area contributed by atoms with E-state index < -0.39 is 0 Å². The highest BCUT2D eigenvalue weighted by molar-refractivity contribution is 7.22. The molecule has 0 aliphatic carbocycles. The number of carbonyl (C=O) groups excluding carboxylic acids is 1. The van der Waals surface area contributed by atoms with Gasteiger partial charge in [-0.05, 0) is 30.7 Å². The van der Waals surface area contributed by atoms with Crippen LogP contribution in [0.4, 0.5) is 5.13 Å². The first-order valence-corrected chi connectivity index (χ1v) is 11.7. The molecule has 4 rings (SSSR count). The lowest BCUT2D eigenvalue weighted by molar-refractivity contribution is 0.0944. The minimum Gasteiger partial charge on any atom is -0.497 e. The largest absolute Gasteiger partial charge is 0.497 e. The summed E-state index contributed by atoms with van der Waals surface area (Å²) in [5.41, 5.74) is 2.65. The minimum atomic E-state index is -0.148. The van der Waals surface area contributed by atoms with Crippen LogP contribution in [0.5, 0.6) is 11.5 Å². The molecular weight excluding hydrogens is 448 g/mol. The van der Waals surface area contributed by atoms with Gasteiger partial charge in [0.2, 0.25) is 0 Å². The summed E-state index contributed by atoms with van der Waals surface area (Å²) >= 11 is 8.02. The van der Waals surface area contributed by atoms with E-state index in [1.54, 1.807) is 43.8 Å². The summed E-state index contributed by atoms with van der Waals surface area (Å²) in [5.74, 6) is 1.01. The quantitative estimate of drug-likeness (QED) is 0.561. The van der Waals surface area contributed by atoms with Gasteiger partial charge in [0, 0.05) is 45.3 Å². The number of methoxy groups -OCH3 is 2. The van der Waals surface area contributed by atoms with Crippen molar-refractivity contribution in [2.45, 2.75) is 6.92 Å². The highest BCUT2D eigenvalue weighted by Crippen LogP contribution is 2.35. The Morgan fingerprint density at radius 1 is 1.16 bits per heavy atom. The number of anilines is 1. The summed E-state index contributed by atoms with van der Waals surface area (Å²) in [6.07, 6.45) is 0. The first kappa shape index (κ1) is 22.6. The number of aromatic nitrogens is 1. The summed E-state index contributed by atoms with van der Waals surface area (Å²) in [4.78, 5) is 22.1. The molecule has 2 aromatic carbocycles. The fourth-order valence-corrected chi connectivity index (χ4v) is 5.17. The average molecular weight is 475 g/mol. The number of halogens is 1. The van der Waals surface area contributed by atoms with Crippen molar-refractivity contribution < 1.29 is 14.3 Å². The molecule has 0 atom stereocenters. The van der Waals surface area contributed by atoms with Gasteiger partial charge in [0.05, 0.1) is 35.0 Å². The van der Waals surface area contributed by atoms with E-state index in [0.29, 0.717) is 23.6 Å². The van der Waals surface area contributed by atoms with Crippen LogP contribution < -0.4 is 19.7 Å². The van der Waals surface area contributed by atoms with Crippen molar-refractivity contribution in [3.63, 3.8) is 0 Å². The number of nitrogens with zero attached hydrogens (tertiary/aromatic N) is 3. The van der Waals surface area contributed by atoms with Crippen molar-refractivity contribution in [3.8, 4) is 11.5 Å². The summed E-state index contributed by atoms with van der Waals surface area (Å²) in [6.45, 7) is 7.07. The molecule has 1 saturated heterocycles. The predicted molar refractivity (Wildman–Crippen MR) is 130 cm³/mol. The van der Waals surface area contributed by atoms with Crippen molar-refractivity contribution in [2.75, 3.05) is 58.4 Å². The highest BCUT2D eigenvalue weighted by Gasteiger charge is 2.21. The number of piperazine rings is 1. The second-order valence-corrected chi connectivity index (χ2v) is 9.07. The lowest BCUT2D eigenvalue weighted by Crippen LogP contribution is -2.48. The molecule has 0 saturated carbocycles. The maximum Gasteiger partial charge on any atom is 0.255 e. The minimum absolute atomic E-state index is 0.148. The highest BCUT2D eigenvalue weighted by atomic mass is 35.5. The fraction of sp³-hybridized carbons (Fsp3) is 0.391. The van der Waals surface area contributed by atoms with Gasteiger partial charge in [-0.15, -0.1) is 0 Å². The van der Waals surface area contributed by atoms with Gasteiger partial charge in [0.1, 0.15) is 11.5 Å². The Balaban J connectivity index is 1.28. The Morgan fingerprint density at radius 3 is 2.62 bits per heavy atom. The molecule has 3 aromatic rings. The third-order valence-electron chi connectivity index (χ3n) is 5.70. The van der Waals surface area contributed by atoms with E-state index in [9.17, 15) is 4.79 Å². The summed E-state index contributed by atoms with van der Waals surface area (Å²) < 4.78 is 11.6. The van der Waals surface area contributed by atoms with Crippen molar-refractivity contribution in [1.82, 2.24) is 15.2 Å². The van der Waals surface area contributed by atoms with Crippen molar-refractivity contribution in [2.24, 2.45) is 0 Å². The second kappa shape index (κ2) is 9.94. The Labute approximate surface area is 196 Å². The lowest BCUT2D eigenvalue weighted by Gasteiger charge is -2.34. The topological polar surface area (TPSA) is 66.9 Å². The van der Waals surface area contributed by atoms with Gasteiger partial charge < -0.3 is 19.7 Å². The number of benzene rings is 2. The van der Waals surface area contributed by atoms with E-state index in [0.717, 1.165) is 58.7 Å². The van der Waals surface area contributed by atoms with Crippen LogP contribution in [0, 0.1) is 6.92 Å². The van der Waals surface area contributed by atoms with Crippen LogP contribution in [0.2, 0.25) is 5.02 Å². The molecule has 9 heteroatoms. The van der Waals surface area contributed by atoms with Crippen LogP contribution in [0.25, 0.3) is 10.2 Å². The number of hydrogen-bond acceptors (Lipinski definition) is 7. The number of aryl methyl sites for hydroxylation is 1. The number of nitrogens with one attached hydrogen (secondary N) is 1. The van der Waals surface area contributed by atoms with E-state index in [4.69, 9.17) is 26.1 Å². The normalized spacial score (nSPS) is 14.6. The van der Waals surface area contributed by atoms with Crippen LogP contribution in [0.1, 0.15) is 15.9 Å². The van der Waals surface area contributed by atoms with Crippen molar-refractivity contribution in [3.05, 3.63) is 46.5 Å². The molecule has 0 radical (unpaired) electrons. The molecule has 0 spiro atoms. The molecule has 2 heterocycles. The van der Waals surface area contributed by atoms with Gasteiger partial charge in [-0.25, -0.2) is 4.98 Å². The first-order valence-electron chi connectivity index (χ1n) is 10.5. The number of thiazole rings is 1. The second-order valence-electron chi connectivity index (χ2n) is 7.69. The fourth-order valence-electron chi connectivity index (χ4n) is 3.80. The van der Waals surface area contributed by atoms with Gasteiger partial charge in [0.25, 0.3) is 5.91 Å². The molecule has 1 N–H and O–H groups in total. The molecule has 170 valence electrons. The van der Waals surface area contributed by atoms with Crippen LogP contribution in [0.15, 0.2) is 30.3 Å². The van der Waals surface area contributed by atoms with Gasteiger partial charge in [-0.2, -0.15) is 0 Å². The molecule has 1 fully saturated rings. The molecule has 7 nitrogen and oxygen atoms in total. The number of amides is 1. The SMILES string of the molecule is COc1ccc(C(=O)NCCN2CCN(c3nc4c(C)ccc(Cl)c4s3)CC2)c(OC)c1. The van der Waals surface area contributed by atoms with E-state index in [2.05, 4.69) is 22.0 Å². The first-order chi connectivity index (χ1) is 15.5. The molecule has 32 heavy (non-hydrogen) atoms. The maximum atomic E-state index is 12.6. The zero-order valence-corrected chi connectivity index (χ0v) is 20.1. The van der Waals surface area contributed by atoms with Gasteiger partial charge in [0.15, 0.2) is 5.13 Å². The third kappa shape index (κ3) is 4.77. The predicted octanol–water partition coefficient (Wildman–Crippen LogP) is 3.83. The molecule has 1 amide bonds. The number of ether oxygens (including phenoxy) is 2. The Kier molecular flexibility index (Phi) is 7.03. The monoisotopic (exact) mass is 474 g/mol. The number of fused-ring (bicyclic) bond motifs is 1. The zero-order valence-electron chi connectivity index (χ0n) is 18.5. The Hall–Kier alpha value is -2.55. The molecule has 1 aromatic heterocycles. The van der Waals surface area contributed by atoms with E-state index in [-0.39, 0.29) is 5.91 Å².